The van der Waals surface area contributed by atoms with E-state index in [-0.39, 0.29) is 11.8 Å². The first-order chi connectivity index (χ1) is 9.83. The van der Waals surface area contributed by atoms with Crippen LogP contribution in [0.5, 0.6) is 0 Å². The Morgan fingerprint density at radius 2 is 2.05 bits per heavy atom. The molecule has 1 saturated heterocycles. The molecule has 0 saturated carbocycles. The van der Waals surface area contributed by atoms with Crippen molar-refractivity contribution in [2.24, 2.45) is 5.92 Å². The van der Waals surface area contributed by atoms with E-state index in [2.05, 4.69) is 5.32 Å². The van der Waals surface area contributed by atoms with E-state index in [0.717, 1.165) is 0 Å². The van der Waals surface area contributed by atoms with Crippen LogP contribution < -0.4 is 5.32 Å². The van der Waals surface area contributed by atoms with Crippen LogP contribution in [0.15, 0.2) is 12.1 Å². The van der Waals surface area contributed by atoms with Crippen molar-refractivity contribution in [3.8, 4) is 0 Å². The summed E-state index contributed by atoms with van der Waals surface area (Å²) in [5, 5.41) is 2.82. The average molecular weight is 341 g/mol. The zero-order valence-electron chi connectivity index (χ0n) is 11.3. The molecule has 1 amide bonds. The maximum Gasteiger partial charge on any atom is 0.401 e. The predicted octanol–water partition coefficient (Wildman–Crippen LogP) is 3.41. The summed E-state index contributed by atoms with van der Waals surface area (Å²) in [6.45, 7) is 0.490. The van der Waals surface area contributed by atoms with Gasteiger partial charge in [0.1, 0.15) is 0 Å². The Balaban J connectivity index is 1.70. The van der Waals surface area contributed by atoms with Crippen molar-refractivity contribution in [2.45, 2.75) is 19.0 Å². The molecule has 1 fully saturated rings. The van der Waals surface area contributed by atoms with Gasteiger partial charge in [-0.25, -0.2) is 0 Å². The van der Waals surface area contributed by atoms with E-state index >= 15 is 0 Å². The van der Waals surface area contributed by atoms with Crippen LogP contribution >= 0.6 is 22.9 Å². The zero-order valence-corrected chi connectivity index (χ0v) is 12.8. The van der Waals surface area contributed by atoms with Gasteiger partial charge in [-0.05, 0) is 44.0 Å². The van der Waals surface area contributed by atoms with Gasteiger partial charge in [-0.15, -0.1) is 11.3 Å². The number of amides is 1. The number of rotatable bonds is 4. The molecule has 0 unspecified atom stereocenters. The second-order valence-corrected chi connectivity index (χ2v) is 6.86. The minimum absolute atomic E-state index is 0.176. The molecule has 1 aliphatic heterocycles. The number of carbonyl (C=O) groups is 1. The van der Waals surface area contributed by atoms with Crippen LogP contribution in [0.2, 0.25) is 4.34 Å². The summed E-state index contributed by atoms with van der Waals surface area (Å²) in [5.41, 5.74) is 0. The Morgan fingerprint density at radius 1 is 1.38 bits per heavy atom. The van der Waals surface area contributed by atoms with Crippen molar-refractivity contribution in [3.63, 3.8) is 0 Å². The molecule has 118 valence electrons. The SMILES string of the molecule is O=C(NCC1CCN(CC(F)(F)F)CC1)c1ccc(Cl)s1. The van der Waals surface area contributed by atoms with Gasteiger partial charge < -0.3 is 5.32 Å². The number of piperidine rings is 1. The molecule has 1 aliphatic rings. The highest BCUT2D eigenvalue weighted by Gasteiger charge is 2.32. The second-order valence-electron chi connectivity index (χ2n) is 5.15. The summed E-state index contributed by atoms with van der Waals surface area (Å²) < 4.78 is 37.4. The number of nitrogens with zero attached hydrogens (tertiary/aromatic N) is 1. The minimum Gasteiger partial charge on any atom is -0.351 e. The molecule has 0 spiro atoms. The molecular formula is C13H16ClF3N2OS. The molecule has 8 heteroatoms. The van der Waals surface area contributed by atoms with Crippen molar-refractivity contribution in [1.29, 1.82) is 0 Å². The van der Waals surface area contributed by atoms with Gasteiger partial charge in [0.05, 0.1) is 15.8 Å². The molecule has 1 aromatic heterocycles. The minimum atomic E-state index is -4.14. The quantitative estimate of drug-likeness (QED) is 0.911. The van der Waals surface area contributed by atoms with Gasteiger partial charge in [-0.1, -0.05) is 11.6 Å². The molecule has 1 aromatic rings. The lowest BCUT2D eigenvalue weighted by atomic mass is 9.97. The monoisotopic (exact) mass is 340 g/mol. The van der Waals surface area contributed by atoms with E-state index < -0.39 is 12.7 Å². The van der Waals surface area contributed by atoms with Gasteiger partial charge in [0, 0.05) is 6.54 Å². The molecule has 0 aromatic carbocycles. The largest absolute Gasteiger partial charge is 0.401 e. The smallest absolute Gasteiger partial charge is 0.351 e. The first kappa shape index (κ1) is 16.6. The molecule has 0 radical (unpaired) electrons. The van der Waals surface area contributed by atoms with Gasteiger partial charge in [-0.3, -0.25) is 9.69 Å². The summed E-state index contributed by atoms with van der Waals surface area (Å²) in [4.78, 5) is 13.8. The van der Waals surface area contributed by atoms with Crippen LogP contribution in [-0.2, 0) is 0 Å². The predicted molar refractivity (Wildman–Crippen MR) is 76.9 cm³/mol. The van der Waals surface area contributed by atoms with Crippen LogP contribution in [0.4, 0.5) is 13.2 Å². The van der Waals surface area contributed by atoms with Crippen LogP contribution in [0.3, 0.4) is 0 Å². The number of alkyl halides is 3. The van der Waals surface area contributed by atoms with Crippen molar-refractivity contribution in [1.82, 2.24) is 10.2 Å². The summed E-state index contributed by atoms with van der Waals surface area (Å²) in [5.74, 6) is 0.0542. The Kier molecular flexibility index (Phi) is 5.51. The highest BCUT2D eigenvalue weighted by atomic mass is 35.5. The Hall–Kier alpha value is -0.790. The fourth-order valence-electron chi connectivity index (χ4n) is 2.36. The molecule has 0 atom stereocenters. The molecular weight excluding hydrogens is 325 g/mol. The summed E-state index contributed by atoms with van der Waals surface area (Å²) in [6, 6.07) is 3.32. The van der Waals surface area contributed by atoms with Gasteiger partial charge in [-0.2, -0.15) is 13.2 Å². The van der Waals surface area contributed by atoms with E-state index in [0.29, 0.717) is 41.7 Å². The fraction of sp³-hybridized carbons (Fsp3) is 0.615. The lowest BCUT2D eigenvalue weighted by molar-refractivity contribution is -0.148. The summed E-state index contributed by atoms with van der Waals surface area (Å²) >= 11 is 6.97. The number of carbonyl (C=O) groups excluding carboxylic acids is 1. The third-order valence-electron chi connectivity index (χ3n) is 3.46. The van der Waals surface area contributed by atoms with E-state index in [1.165, 1.54) is 16.2 Å². The third kappa shape index (κ3) is 5.48. The highest BCUT2D eigenvalue weighted by Crippen LogP contribution is 2.23. The first-order valence-electron chi connectivity index (χ1n) is 6.66. The van der Waals surface area contributed by atoms with Crippen LogP contribution in [0, 0.1) is 5.92 Å². The standard InChI is InChI=1S/C13H16ClF3N2OS/c14-11-2-1-10(21-11)12(20)18-7-9-3-5-19(6-4-9)8-13(15,16)17/h1-2,9H,3-8H2,(H,18,20). The van der Waals surface area contributed by atoms with E-state index in [1.54, 1.807) is 12.1 Å². The Labute approximate surface area is 130 Å². The number of halogens is 4. The van der Waals surface area contributed by atoms with Crippen LogP contribution in [-0.4, -0.2) is 43.2 Å². The molecule has 21 heavy (non-hydrogen) atoms. The van der Waals surface area contributed by atoms with E-state index in [1.807, 2.05) is 0 Å². The molecule has 0 bridgehead atoms. The number of hydrogen-bond acceptors (Lipinski definition) is 3. The lowest BCUT2D eigenvalue weighted by Crippen LogP contribution is -2.42. The molecule has 0 aliphatic carbocycles. The first-order valence-corrected chi connectivity index (χ1v) is 7.85. The average Bonchev–Trinajstić information content (AvgIpc) is 2.82. The normalized spacial score (nSPS) is 17.9. The van der Waals surface area contributed by atoms with E-state index in [4.69, 9.17) is 11.6 Å². The maximum atomic E-state index is 12.3. The molecule has 2 rings (SSSR count). The van der Waals surface area contributed by atoms with Gasteiger partial charge in [0.2, 0.25) is 0 Å². The molecule has 1 N–H and O–H groups in total. The van der Waals surface area contributed by atoms with Gasteiger partial charge in [0.25, 0.3) is 5.91 Å². The summed E-state index contributed by atoms with van der Waals surface area (Å²) in [7, 11) is 0. The Morgan fingerprint density at radius 3 is 2.57 bits per heavy atom. The number of hydrogen-bond donors (Lipinski definition) is 1. The highest BCUT2D eigenvalue weighted by molar-refractivity contribution is 7.17. The fourth-order valence-corrected chi connectivity index (χ4v) is 3.32. The lowest BCUT2D eigenvalue weighted by Gasteiger charge is -2.32. The van der Waals surface area contributed by atoms with Crippen LogP contribution in [0.25, 0.3) is 0 Å². The van der Waals surface area contributed by atoms with E-state index in [9.17, 15) is 18.0 Å². The van der Waals surface area contributed by atoms with Crippen molar-refractivity contribution >= 4 is 28.8 Å². The Bertz CT molecular complexity index is 484. The van der Waals surface area contributed by atoms with Gasteiger partial charge in [0.15, 0.2) is 0 Å². The van der Waals surface area contributed by atoms with Gasteiger partial charge >= 0.3 is 6.18 Å². The number of thiophene rings is 1. The zero-order chi connectivity index (χ0) is 15.5. The molecule has 2 heterocycles. The third-order valence-corrected chi connectivity index (χ3v) is 4.69. The second kappa shape index (κ2) is 6.98. The topological polar surface area (TPSA) is 32.3 Å². The van der Waals surface area contributed by atoms with Crippen molar-refractivity contribution in [2.75, 3.05) is 26.2 Å². The molecule has 3 nitrogen and oxygen atoms in total. The van der Waals surface area contributed by atoms with Crippen molar-refractivity contribution in [3.05, 3.63) is 21.3 Å². The number of likely N-dealkylation sites (tertiary alicyclic amines) is 1. The summed E-state index contributed by atoms with van der Waals surface area (Å²) in [6.07, 6.45) is -2.80. The van der Waals surface area contributed by atoms with Crippen LogP contribution in [0.1, 0.15) is 22.5 Å². The number of nitrogens with one attached hydrogen (secondary N) is 1. The van der Waals surface area contributed by atoms with Crippen molar-refractivity contribution < 1.29 is 18.0 Å². The maximum absolute atomic E-state index is 12.3.